The van der Waals surface area contributed by atoms with E-state index in [0.29, 0.717) is 27.2 Å². The van der Waals surface area contributed by atoms with Gasteiger partial charge >= 0.3 is 0 Å². The molecule has 1 heterocycles. The summed E-state index contributed by atoms with van der Waals surface area (Å²) in [4.78, 5) is 12.2. The quantitative estimate of drug-likeness (QED) is 0.915. The van der Waals surface area contributed by atoms with Gasteiger partial charge in [-0.05, 0) is 24.3 Å². The predicted molar refractivity (Wildman–Crippen MR) is 81.4 cm³/mol. The summed E-state index contributed by atoms with van der Waals surface area (Å²) in [6.07, 6.45) is -0.757. The van der Waals surface area contributed by atoms with Crippen LogP contribution in [0.4, 0.5) is 5.69 Å². The Hall–Kier alpha value is -1.91. The Bertz CT molecular complexity index is 670. The number of hydrogen-bond acceptors (Lipinski definition) is 3. The van der Waals surface area contributed by atoms with E-state index >= 15 is 0 Å². The molecule has 3 rings (SSSR count). The van der Waals surface area contributed by atoms with Gasteiger partial charge in [0.2, 0.25) is 6.10 Å². The Morgan fingerprint density at radius 3 is 2.43 bits per heavy atom. The van der Waals surface area contributed by atoms with Gasteiger partial charge in [-0.15, -0.1) is 0 Å². The van der Waals surface area contributed by atoms with Gasteiger partial charge in [0.1, 0.15) is 6.61 Å². The zero-order chi connectivity index (χ0) is 14.8. The largest absolute Gasteiger partial charge is 0.485 e. The van der Waals surface area contributed by atoms with Crippen molar-refractivity contribution in [3.63, 3.8) is 0 Å². The number of fused-ring (bicyclic) bond motifs is 1. The van der Waals surface area contributed by atoms with Crippen molar-refractivity contribution in [2.75, 3.05) is 11.9 Å². The monoisotopic (exact) mass is 323 g/mol. The third kappa shape index (κ3) is 2.91. The van der Waals surface area contributed by atoms with Crippen molar-refractivity contribution < 1.29 is 14.3 Å². The van der Waals surface area contributed by atoms with Crippen molar-refractivity contribution in [3.8, 4) is 11.5 Å². The molecule has 4 nitrogen and oxygen atoms in total. The Morgan fingerprint density at radius 1 is 1.05 bits per heavy atom. The highest BCUT2D eigenvalue weighted by Crippen LogP contribution is 2.33. The highest BCUT2D eigenvalue weighted by atomic mass is 35.5. The number of benzene rings is 2. The number of anilines is 1. The summed E-state index contributed by atoms with van der Waals surface area (Å²) in [5, 5.41) is 3.41. The summed E-state index contributed by atoms with van der Waals surface area (Å²) >= 11 is 12.0. The lowest BCUT2D eigenvalue weighted by Gasteiger charge is -2.25. The summed E-state index contributed by atoms with van der Waals surface area (Å²) in [7, 11) is 0. The number of amides is 1. The molecule has 108 valence electrons. The minimum Gasteiger partial charge on any atom is -0.485 e. The first kappa shape index (κ1) is 14.0. The fourth-order valence-electron chi connectivity index (χ4n) is 1.97. The third-order valence-electron chi connectivity index (χ3n) is 3.01. The molecule has 0 bridgehead atoms. The first-order valence-corrected chi connectivity index (χ1v) is 7.04. The smallest absolute Gasteiger partial charge is 0.269 e. The van der Waals surface area contributed by atoms with E-state index in [0.717, 1.165) is 0 Å². The molecule has 0 radical (unpaired) electrons. The number of hydrogen-bond donors (Lipinski definition) is 1. The molecule has 0 aromatic heterocycles. The number of carbonyl (C=O) groups excluding carboxylic acids is 1. The average Bonchev–Trinajstić information content (AvgIpc) is 2.50. The molecule has 0 saturated carbocycles. The van der Waals surface area contributed by atoms with E-state index < -0.39 is 6.10 Å². The average molecular weight is 324 g/mol. The van der Waals surface area contributed by atoms with E-state index in [9.17, 15) is 4.79 Å². The van der Waals surface area contributed by atoms with E-state index in [2.05, 4.69) is 5.32 Å². The highest BCUT2D eigenvalue weighted by Gasteiger charge is 2.28. The number of nitrogens with one attached hydrogen (secondary N) is 1. The standard InChI is InChI=1S/C15H11Cl2NO3/c16-9-4-3-5-10(17)14(9)18-15(19)13-8-20-11-6-1-2-7-12(11)21-13/h1-7,13H,8H2,(H,18,19). The molecule has 1 amide bonds. The van der Waals surface area contributed by atoms with Crippen molar-refractivity contribution in [2.24, 2.45) is 0 Å². The zero-order valence-electron chi connectivity index (χ0n) is 10.8. The fourth-order valence-corrected chi connectivity index (χ4v) is 2.46. The summed E-state index contributed by atoms with van der Waals surface area (Å²) in [5.41, 5.74) is 0.369. The van der Waals surface area contributed by atoms with Gasteiger partial charge in [0.05, 0.1) is 15.7 Å². The first-order chi connectivity index (χ1) is 10.1. The van der Waals surface area contributed by atoms with Gasteiger partial charge < -0.3 is 14.8 Å². The van der Waals surface area contributed by atoms with Crippen molar-refractivity contribution in [2.45, 2.75) is 6.10 Å². The molecule has 0 aliphatic carbocycles. The number of ether oxygens (including phenoxy) is 2. The molecule has 2 aromatic rings. The zero-order valence-corrected chi connectivity index (χ0v) is 12.3. The van der Waals surface area contributed by atoms with Crippen molar-refractivity contribution in [3.05, 3.63) is 52.5 Å². The maximum absolute atomic E-state index is 12.2. The van der Waals surface area contributed by atoms with Gasteiger partial charge in [-0.25, -0.2) is 0 Å². The lowest BCUT2D eigenvalue weighted by Crippen LogP contribution is -2.40. The fraction of sp³-hybridized carbons (Fsp3) is 0.133. The summed E-state index contributed by atoms with van der Waals surface area (Å²) in [6.45, 7) is 0.130. The molecule has 1 unspecified atom stereocenters. The van der Waals surface area contributed by atoms with Gasteiger partial charge in [-0.1, -0.05) is 41.4 Å². The highest BCUT2D eigenvalue weighted by molar-refractivity contribution is 6.39. The number of para-hydroxylation sites is 3. The Kier molecular flexibility index (Phi) is 3.90. The molecule has 0 fully saturated rings. The van der Waals surface area contributed by atoms with Gasteiger partial charge in [-0.3, -0.25) is 4.79 Å². The SMILES string of the molecule is O=C(Nc1c(Cl)cccc1Cl)C1COc2ccccc2O1. The first-order valence-electron chi connectivity index (χ1n) is 6.28. The summed E-state index contributed by atoms with van der Waals surface area (Å²) < 4.78 is 11.1. The molecule has 1 atom stereocenters. The maximum Gasteiger partial charge on any atom is 0.269 e. The minimum absolute atomic E-state index is 0.130. The van der Waals surface area contributed by atoms with Crippen LogP contribution < -0.4 is 14.8 Å². The Labute approximate surface area is 131 Å². The molecule has 0 saturated heterocycles. The normalized spacial score (nSPS) is 16.4. The molecular formula is C15H11Cl2NO3. The number of halogens is 2. The number of rotatable bonds is 2. The van der Waals surface area contributed by atoms with E-state index in [4.69, 9.17) is 32.7 Å². The van der Waals surface area contributed by atoms with Crippen LogP contribution in [0.5, 0.6) is 11.5 Å². The van der Waals surface area contributed by atoms with Crippen molar-refractivity contribution in [1.29, 1.82) is 0 Å². The Morgan fingerprint density at radius 2 is 1.71 bits per heavy atom. The topological polar surface area (TPSA) is 47.6 Å². The van der Waals surface area contributed by atoms with Gasteiger partial charge in [0.25, 0.3) is 5.91 Å². The molecule has 1 N–H and O–H groups in total. The van der Waals surface area contributed by atoms with Crippen LogP contribution in [-0.2, 0) is 4.79 Å². The van der Waals surface area contributed by atoms with Gasteiger partial charge in [-0.2, -0.15) is 0 Å². The lowest BCUT2D eigenvalue weighted by atomic mass is 10.2. The van der Waals surface area contributed by atoms with Gasteiger partial charge in [0, 0.05) is 0 Å². The van der Waals surface area contributed by atoms with E-state index in [1.54, 1.807) is 30.3 Å². The third-order valence-corrected chi connectivity index (χ3v) is 3.64. The van der Waals surface area contributed by atoms with Crippen molar-refractivity contribution in [1.82, 2.24) is 0 Å². The molecule has 2 aromatic carbocycles. The van der Waals surface area contributed by atoms with Crippen molar-refractivity contribution >= 4 is 34.8 Å². The van der Waals surface area contributed by atoms with E-state index in [1.165, 1.54) is 0 Å². The van der Waals surface area contributed by atoms with Crippen LogP contribution >= 0.6 is 23.2 Å². The molecule has 6 heteroatoms. The van der Waals surface area contributed by atoms with Crippen LogP contribution in [0.1, 0.15) is 0 Å². The van der Waals surface area contributed by atoms with Crippen LogP contribution in [0.25, 0.3) is 0 Å². The molecular weight excluding hydrogens is 313 g/mol. The molecule has 1 aliphatic heterocycles. The summed E-state index contributed by atoms with van der Waals surface area (Å²) in [6, 6.07) is 12.2. The van der Waals surface area contributed by atoms with Crippen LogP contribution in [0.2, 0.25) is 10.0 Å². The second-order valence-corrected chi connectivity index (χ2v) is 5.26. The Balaban J connectivity index is 1.76. The van der Waals surface area contributed by atoms with Crippen LogP contribution in [0.15, 0.2) is 42.5 Å². The maximum atomic E-state index is 12.2. The lowest BCUT2D eigenvalue weighted by molar-refractivity contribution is -0.125. The molecule has 0 spiro atoms. The second kappa shape index (κ2) is 5.84. The number of carbonyl (C=O) groups is 1. The van der Waals surface area contributed by atoms with E-state index in [-0.39, 0.29) is 12.5 Å². The second-order valence-electron chi connectivity index (χ2n) is 4.45. The molecule has 21 heavy (non-hydrogen) atoms. The summed E-state index contributed by atoms with van der Waals surface area (Å²) in [5.74, 6) is 0.797. The predicted octanol–water partition coefficient (Wildman–Crippen LogP) is 3.77. The van der Waals surface area contributed by atoms with Gasteiger partial charge in [0.15, 0.2) is 11.5 Å². The van der Waals surface area contributed by atoms with Crippen LogP contribution in [0, 0.1) is 0 Å². The van der Waals surface area contributed by atoms with E-state index in [1.807, 2.05) is 12.1 Å². The minimum atomic E-state index is -0.757. The molecule has 1 aliphatic rings. The van der Waals surface area contributed by atoms with Crippen LogP contribution in [0.3, 0.4) is 0 Å². The van der Waals surface area contributed by atoms with Crippen LogP contribution in [-0.4, -0.2) is 18.6 Å².